The highest BCUT2D eigenvalue weighted by molar-refractivity contribution is 5.93. The summed E-state index contributed by atoms with van der Waals surface area (Å²) in [6.45, 7) is 7.79. The average Bonchev–Trinajstić information content (AvgIpc) is 2.78. The van der Waals surface area contributed by atoms with Crippen molar-refractivity contribution < 1.29 is 14.3 Å². The number of likely N-dealkylation sites (tertiary alicyclic amines) is 1. The molecular formula is C22H33N3O3. The predicted octanol–water partition coefficient (Wildman–Crippen LogP) is 4.24. The summed E-state index contributed by atoms with van der Waals surface area (Å²) in [5.41, 5.74) is 1.79. The molecule has 2 heterocycles. The van der Waals surface area contributed by atoms with Crippen LogP contribution in [0.2, 0.25) is 0 Å². The van der Waals surface area contributed by atoms with Crippen molar-refractivity contribution in [3.63, 3.8) is 0 Å². The van der Waals surface area contributed by atoms with Gasteiger partial charge >= 0.3 is 12.1 Å². The van der Waals surface area contributed by atoms with Gasteiger partial charge in [0.1, 0.15) is 5.60 Å². The number of amides is 3. The molecule has 0 radical (unpaired) electrons. The SMILES string of the molecule is CN(C)C(=O)N1CCCC2(CCN(C(=O)OC(C)(C)C)CC2)c2ccccc21. The second-order valence-corrected chi connectivity index (χ2v) is 9.20. The van der Waals surface area contributed by atoms with Gasteiger partial charge in [0, 0.05) is 44.8 Å². The molecule has 6 heteroatoms. The van der Waals surface area contributed by atoms with Crippen molar-refractivity contribution in [3.8, 4) is 0 Å². The fraction of sp³-hybridized carbons (Fsp3) is 0.636. The first-order chi connectivity index (χ1) is 13.1. The number of piperidine rings is 1. The zero-order valence-corrected chi connectivity index (χ0v) is 17.8. The van der Waals surface area contributed by atoms with Crippen LogP contribution in [0.5, 0.6) is 0 Å². The molecule has 6 nitrogen and oxygen atoms in total. The van der Waals surface area contributed by atoms with Gasteiger partial charge in [0.25, 0.3) is 0 Å². The van der Waals surface area contributed by atoms with Crippen molar-refractivity contribution in [1.29, 1.82) is 0 Å². The lowest BCUT2D eigenvalue weighted by molar-refractivity contribution is 0.0159. The summed E-state index contributed by atoms with van der Waals surface area (Å²) in [6.07, 6.45) is 3.55. The lowest BCUT2D eigenvalue weighted by atomic mass is 9.70. The van der Waals surface area contributed by atoms with Crippen LogP contribution in [0.4, 0.5) is 15.3 Å². The molecule has 1 aromatic rings. The summed E-state index contributed by atoms with van der Waals surface area (Å²) in [5.74, 6) is 0. The van der Waals surface area contributed by atoms with Crippen LogP contribution < -0.4 is 4.90 Å². The molecule has 0 N–H and O–H groups in total. The Morgan fingerprint density at radius 1 is 1.04 bits per heavy atom. The van der Waals surface area contributed by atoms with Crippen molar-refractivity contribution in [1.82, 2.24) is 9.80 Å². The van der Waals surface area contributed by atoms with Gasteiger partial charge < -0.3 is 14.5 Å². The van der Waals surface area contributed by atoms with E-state index in [-0.39, 0.29) is 17.5 Å². The van der Waals surface area contributed by atoms with Gasteiger partial charge in [0.15, 0.2) is 0 Å². The maximum atomic E-state index is 12.7. The van der Waals surface area contributed by atoms with Crippen molar-refractivity contribution in [2.75, 3.05) is 38.6 Å². The minimum Gasteiger partial charge on any atom is -0.444 e. The van der Waals surface area contributed by atoms with Crippen LogP contribution in [0, 0.1) is 0 Å². The fourth-order valence-corrected chi connectivity index (χ4v) is 4.39. The first kappa shape index (κ1) is 20.5. The van der Waals surface area contributed by atoms with Crippen molar-refractivity contribution in [3.05, 3.63) is 29.8 Å². The van der Waals surface area contributed by atoms with Crippen LogP contribution in [-0.4, -0.2) is 61.3 Å². The van der Waals surface area contributed by atoms with Crippen LogP contribution in [-0.2, 0) is 10.2 Å². The van der Waals surface area contributed by atoms with Crippen LogP contribution >= 0.6 is 0 Å². The van der Waals surface area contributed by atoms with Gasteiger partial charge in [0.2, 0.25) is 0 Å². The molecule has 0 aromatic heterocycles. The number of hydrogen-bond acceptors (Lipinski definition) is 3. The van der Waals surface area contributed by atoms with E-state index in [0.29, 0.717) is 13.1 Å². The number of anilines is 1. The number of hydrogen-bond donors (Lipinski definition) is 0. The summed E-state index contributed by atoms with van der Waals surface area (Å²) in [5, 5.41) is 0. The minimum atomic E-state index is -0.478. The highest BCUT2D eigenvalue weighted by Crippen LogP contribution is 2.46. The highest BCUT2D eigenvalue weighted by Gasteiger charge is 2.42. The fourth-order valence-electron chi connectivity index (χ4n) is 4.39. The number of carbonyl (C=O) groups is 2. The van der Waals surface area contributed by atoms with E-state index in [0.717, 1.165) is 37.9 Å². The molecule has 2 aliphatic heterocycles. The van der Waals surface area contributed by atoms with E-state index in [2.05, 4.69) is 18.2 Å². The largest absolute Gasteiger partial charge is 0.444 e. The van der Waals surface area contributed by atoms with Crippen LogP contribution in [0.15, 0.2) is 24.3 Å². The monoisotopic (exact) mass is 387 g/mol. The minimum absolute atomic E-state index is 0.0104. The molecule has 3 rings (SSSR count). The first-order valence-corrected chi connectivity index (χ1v) is 10.2. The van der Waals surface area contributed by atoms with E-state index in [9.17, 15) is 9.59 Å². The summed E-state index contributed by atoms with van der Waals surface area (Å²) in [6, 6.07) is 8.31. The van der Waals surface area contributed by atoms with E-state index in [1.165, 1.54) is 5.56 Å². The first-order valence-electron chi connectivity index (χ1n) is 10.2. The smallest absolute Gasteiger partial charge is 0.410 e. The molecule has 1 saturated heterocycles. The standard InChI is InChI=1S/C22H33N3O3/c1-21(2,3)28-20(27)24-15-12-22(13-16-24)11-8-14-25(19(26)23(4)5)18-10-7-6-9-17(18)22/h6-7,9-10H,8,11-16H2,1-5H3. The predicted molar refractivity (Wildman–Crippen MR) is 111 cm³/mol. The number of benzene rings is 1. The van der Waals surface area contributed by atoms with Crippen LogP contribution in [0.3, 0.4) is 0 Å². The van der Waals surface area contributed by atoms with Crippen LogP contribution in [0.25, 0.3) is 0 Å². The van der Waals surface area contributed by atoms with Gasteiger partial charge in [-0.1, -0.05) is 18.2 Å². The number of fused-ring (bicyclic) bond motifs is 2. The Labute approximate surface area is 168 Å². The lowest BCUT2D eigenvalue weighted by Crippen LogP contribution is -2.47. The zero-order valence-electron chi connectivity index (χ0n) is 17.8. The third-order valence-electron chi connectivity index (χ3n) is 5.79. The van der Waals surface area contributed by atoms with Crippen molar-refractivity contribution in [2.45, 2.75) is 57.5 Å². The normalized spacial score (nSPS) is 19.0. The Morgan fingerprint density at radius 2 is 1.68 bits per heavy atom. The van der Waals surface area contributed by atoms with E-state index in [4.69, 9.17) is 4.74 Å². The Balaban J connectivity index is 1.83. The van der Waals surface area contributed by atoms with E-state index in [1.54, 1.807) is 19.0 Å². The molecule has 1 aromatic carbocycles. The highest BCUT2D eigenvalue weighted by atomic mass is 16.6. The van der Waals surface area contributed by atoms with E-state index >= 15 is 0 Å². The van der Waals surface area contributed by atoms with E-state index < -0.39 is 5.60 Å². The molecule has 2 aliphatic rings. The lowest BCUT2D eigenvalue weighted by Gasteiger charge is -2.42. The molecule has 0 unspecified atom stereocenters. The number of rotatable bonds is 0. The molecule has 0 bridgehead atoms. The Hall–Kier alpha value is -2.24. The maximum Gasteiger partial charge on any atom is 0.410 e. The zero-order chi connectivity index (χ0) is 20.5. The summed E-state index contributed by atoms with van der Waals surface area (Å²) >= 11 is 0. The Bertz CT molecular complexity index is 731. The summed E-state index contributed by atoms with van der Waals surface area (Å²) in [4.78, 5) is 30.6. The average molecular weight is 388 g/mol. The second-order valence-electron chi connectivity index (χ2n) is 9.20. The Morgan fingerprint density at radius 3 is 2.29 bits per heavy atom. The van der Waals surface area contributed by atoms with E-state index in [1.807, 2.05) is 36.6 Å². The molecule has 0 aliphatic carbocycles. The third-order valence-corrected chi connectivity index (χ3v) is 5.79. The molecule has 0 atom stereocenters. The molecule has 0 saturated carbocycles. The molecule has 1 fully saturated rings. The maximum absolute atomic E-state index is 12.7. The molecule has 154 valence electrons. The molecular weight excluding hydrogens is 354 g/mol. The summed E-state index contributed by atoms with van der Waals surface area (Å²) in [7, 11) is 3.59. The van der Waals surface area contributed by atoms with Gasteiger partial charge in [-0.15, -0.1) is 0 Å². The van der Waals surface area contributed by atoms with Gasteiger partial charge in [-0.2, -0.15) is 0 Å². The Kier molecular flexibility index (Phi) is 5.60. The van der Waals surface area contributed by atoms with Gasteiger partial charge in [-0.05, 0) is 58.1 Å². The van der Waals surface area contributed by atoms with Gasteiger partial charge in [-0.25, -0.2) is 9.59 Å². The van der Waals surface area contributed by atoms with Gasteiger partial charge in [0.05, 0.1) is 0 Å². The number of nitrogens with zero attached hydrogens (tertiary/aromatic N) is 3. The third kappa shape index (κ3) is 4.10. The van der Waals surface area contributed by atoms with Crippen LogP contribution in [0.1, 0.15) is 52.0 Å². The quantitative estimate of drug-likeness (QED) is 0.669. The summed E-state index contributed by atoms with van der Waals surface area (Å²) < 4.78 is 5.55. The number of para-hydroxylation sites is 1. The van der Waals surface area contributed by atoms with Gasteiger partial charge in [-0.3, -0.25) is 4.90 Å². The molecule has 1 spiro atoms. The topological polar surface area (TPSA) is 53.1 Å². The number of carbonyl (C=O) groups excluding carboxylic acids is 2. The number of ether oxygens (including phenoxy) is 1. The molecule has 3 amide bonds. The van der Waals surface area contributed by atoms with Crippen molar-refractivity contribution >= 4 is 17.8 Å². The number of urea groups is 1. The molecule has 28 heavy (non-hydrogen) atoms. The second kappa shape index (κ2) is 7.64. The van der Waals surface area contributed by atoms with Crippen molar-refractivity contribution in [2.24, 2.45) is 0 Å².